The summed E-state index contributed by atoms with van der Waals surface area (Å²) in [6.45, 7) is 8.92. The lowest BCUT2D eigenvalue weighted by molar-refractivity contribution is 0.304. The summed E-state index contributed by atoms with van der Waals surface area (Å²) in [5, 5.41) is 3.38. The summed E-state index contributed by atoms with van der Waals surface area (Å²) >= 11 is 0. The van der Waals surface area contributed by atoms with Crippen molar-refractivity contribution in [1.82, 2.24) is 5.32 Å². The van der Waals surface area contributed by atoms with Crippen LogP contribution in [0.2, 0.25) is 0 Å². The zero-order valence-electron chi connectivity index (χ0n) is 14.4. The molecule has 2 rings (SSSR count). The van der Waals surface area contributed by atoms with Crippen LogP contribution < -0.4 is 15.0 Å². The van der Waals surface area contributed by atoms with Crippen LogP contribution in [0.3, 0.4) is 0 Å². The molecule has 23 heavy (non-hydrogen) atoms. The molecule has 0 saturated carbocycles. The molecule has 1 N–H and O–H groups in total. The molecule has 0 aliphatic carbocycles. The van der Waals surface area contributed by atoms with Gasteiger partial charge < -0.3 is 15.0 Å². The number of ether oxygens (including phenoxy) is 1. The monoisotopic (exact) mass is 316 g/mol. The fourth-order valence-electron chi connectivity index (χ4n) is 2.96. The van der Waals surface area contributed by atoms with E-state index in [-0.39, 0.29) is 0 Å². The maximum atomic E-state index is 5.85. The molecule has 1 saturated heterocycles. The van der Waals surface area contributed by atoms with Gasteiger partial charge in [0.25, 0.3) is 0 Å². The summed E-state index contributed by atoms with van der Waals surface area (Å²) in [6, 6.07) is 8.57. The molecule has 0 radical (unpaired) electrons. The molecule has 1 fully saturated rings. The number of piperazine rings is 1. The minimum absolute atomic E-state index is 0.833. The van der Waals surface area contributed by atoms with Crippen molar-refractivity contribution in [3.05, 3.63) is 36.9 Å². The number of nitrogens with one attached hydrogen (secondary N) is 1. The SMILES string of the molecule is C=CCCCCCCCCOc1ccc(N2CCNCC2)cc1. The Labute approximate surface area is 141 Å². The van der Waals surface area contributed by atoms with Crippen LogP contribution in [-0.2, 0) is 0 Å². The average molecular weight is 316 g/mol. The number of hydrogen-bond acceptors (Lipinski definition) is 3. The molecule has 0 atom stereocenters. The first kappa shape index (κ1) is 17.9. The minimum Gasteiger partial charge on any atom is -0.494 e. The van der Waals surface area contributed by atoms with Crippen LogP contribution in [0.5, 0.6) is 5.75 Å². The van der Waals surface area contributed by atoms with Crippen molar-refractivity contribution in [1.29, 1.82) is 0 Å². The second kappa shape index (κ2) is 11.1. The van der Waals surface area contributed by atoms with E-state index in [1.54, 1.807) is 0 Å². The van der Waals surface area contributed by atoms with Gasteiger partial charge in [0.15, 0.2) is 0 Å². The first-order chi connectivity index (χ1) is 11.4. The Morgan fingerprint density at radius 2 is 1.61 bits per heavy atom. The van der Waals surface area contributed by atoms with Crippen LogP contribution in [0, 0.1) is 0 Å². The van der Waals surface area contributed by atoms with E-state index >= 15 is 0 Å². The Hall–Kier alpha value is -1.48. The van der Waals surface area contributed by atoms with Crippen LogP contribution in [0.4, 0.5) is 5.69 Å². The Morgan fingerprint density at radius 1 is 0.957 bits per heavy atom. The summed E-state index contributed by atoms with van der Waals surface area (Å²) in [6.07, 6.45) is 10.9. The van der Waals surface area contributed by atoms with Gasteiger partial charge in [0.2, 0.25) is 0 Å². The number of hydrogen-bond donors (Lipinski definition) is 1. The van der Waals surface area contributed by atoms with E-state index in [9.17, 15) is 0 Å². The predicted octanol–water partition coefficient (Wildman–Crippen LogP) is 4.39. The summed E-state index contributed by atoms with van der Waals surface area (Å²) in [7, 11) is 0. The van der Waals surface area contributed by atoms with Crippen molar-refractivity contribution >= 4 is 5.69 Å². The summed E-state index contributed by atoms with van der Waals surface area (Å²) < 4.78 is 5.85. The van der Waals surface area contributed by atoms with Gasteiger partial charge in [-0.25, -0.2) is 0 Å². The molecule has 3 nitrogen and oxygen atoms in total. The van der Waals surface area contributed by atoms with Gasteiger partial charge in [0.1, 0.15) is 5.75 Å². The Balaban J connectivity index is 1.54. The van der Waals surface area contributed by atoms with E-state index in [1.807, 2.05) is 6.08 Å². The lowest BCUT2D eigenvalue weighted by Crippen LogP contribution is -2.43. The molecular weight excluding hydrogens is 284 g/mol. The minimum atomic E-state index is 0.833. The highest BCUT2D eigenvalue weighted by molar-refractivity contribution is 5.49. The smallest absolute Gasteiger partial charge is 0.119 e. The van der Waals surface area contributed by atoms with Crippen molar-refractivity contribution in [2.24, 2.45) is 0 Å². The number of rotatable bonds is 11. The third-order valence-electron chi connectivity index (χ3n) is 4.39. The molecule has 1 heterocycles. The van der Waals surface area contributed by atoms with Crippen molar-refractivity contribution in [2.75, 3.05) is 37.7 Å². The molecule has 0 bridgehead atoms. The van der Waals surface area contributed by atoms with Crippen LogP contribution in [0.1, 0.15) is 44.9 Å². The number of allylic oxidation sites excluding steroid dienone is 1. The van der Waals surface area contributed by atoms with Gasteiger partial charge in [0.05, 0.1) is 6.61 Å². The number of nitrogens with zero attached hydrogens (tertiary/aromatic N) is 1. The number of benzene rings is 1. The third kappa shape index (κ3) is 7.08. The topological polar surface area (TPSA) is 24.5 Å². The maximum Gasteiger partial charge on any atom is 0.119 e. The Morgan fingerprint density at radius 3 is 2.30 bits per heavy atom. The highest BCUT2D eigenvalue weighted by atomic mass is 16.5. The lowest BCUT2D eigenvalue weighted by atomic mass is 10.1. The van der Waals surface area contributed by atoms with E-state index in [0.717, 1.165) is 51.4 Å². The third-order valence-corrected chi connectivity index (χ3v) is 4.39. The van der Waals surface area contributed by atoms with Crippen molar-refractivity contribution in [3.63, 3.8) is 0 Å². The molecule has 0 aromatic heterocycles. The van der Waals surface area contributed by atoms with Gasteiger partial charge in [-0.1, -0.05) is 31.8 Å². The van der Waals surface area contributed by atoms with Crippen LogP contribution in [0.15, 0.2) is 36.9 Å². The fourth-order valence-corrected chi connectivity index (χ4v) is 2.96. The molecule has 3 heteroatoms. The average Bonchev–Trinajstić information content (AvgIpc) is 2.62. The molecule has 1 aliphatic heterocycles. The Bertz CT molecular complexity index is 424. The normalized spacial score (nSPS) is 14.7. The summed E-state index contributed by atoms with van der Waals surface area (Å²) in [5.74, 6) is 0.995. The van der Waals surface area contributed by atoms with E-state index < -0.39 is 0 Å². The highest BCUT2D eigenvalue weighted by Crippen LogP contribution is 2.20. The molecule has 128 valence electrons. The zero-order valence-corrected chi connectivity index (χ0v) is 14.4. The second-order valence-electron chi connectivity index (χ2n) is 6.28. The predicted molar refractivity (Wildman–Crippen MR) is 99.5 cm³/mol. The van der Waals surface area contributed by atoms with Gasteiger partial charge in [-0.3, -0.25) is 0 Å². The molecule has 1 aliphatic rings. The van der Waals surface area contributed by atoms with Crippen LogP contribution in [0.25, 0.3) is 0 Å². The van der Waals surface area contributed by atoms with Gasteiger partial charge in [-0.15, -0.1) is 6.58 Å². The largest absolute Gasteiger partial charge is 0.494 e. The molecule has 1 aromatic carbocycles. The highest BCUT2D eigenvalue weighted by Gasteiger charge is 2.09. The van der Waals surface area contributed by atoms with Crippen LogP contribution in [-0.4, -0.2) is 32.8 Å². The molecule has 0 amide bonds. The van der Waals surface area contributed by atoms with Gasteiger partial charge in [-0.05, 0) is 43.5 Å². The molecular formula is C20H32N2O. The van der Waals surface area contributed by atoms with Gasteiger partial charge >= 0.3 is 0 Å². The summed E-state index contributed by atoms with van der Waals surface area (Å²) in [4.78, 5) is 2.42. The van der Waals surface area contributed by atoms with Gasteiger partial charge in [0, 0.05) is 31.9 Å². The van der Waals surface area contributed by atoms with E-state index in [1.165, 1.54) is 37.8 Å². The van der Waals surface area contributed by atoms with Gasteiger partial charge in [-0.2, -0.15) is 0 Å². The van der Waals surface area contributed by atoms with Crippen molar-refractivity contribution < 1.29 is 4.74 Å². The zero-order chi connectivity index (χ0) is 16.2. The lowest BCUT2D eigenvalue weighted by Gasteiger charge is -2.29. The second-order valence-corrected chi connectivity index (χ2v) is 6.28. The first-order valence-corrected chi connectivity index (χ1v) is 9.19. The van der Waals surface area contributed by atoms with Crippen LogP contribution >= 0.6 is 0 Å². The molecule has 1 aromatic rings. The molecule has 0 unspecified atom stereocenters. The first-order valence-electron chi connectivity index (χ1n) is 9.19. The van der Waals surface area contributed by atoms with E-state index in [4.69, 9.17) is 4.74 Å². The maximum absolute atomic E-state index is 5.85. The van der Waals surface area contributed by atoms with Crippen molar-refractivity contribution in [3.8, 4) is 5.75 Å². The Kier molecular flexibility index (Phi) is 8.64. The standard InChI is InChI=1S/C20H32N2O/c1-2-3-4-5-6-7-8-9-18-23-20-12-10-19(11-13-20)22-16-14-21-15-17-22/h2,10-13,21H,1,3-9,14-18H2. The number of unbranched alkanes of at least 4 members (excludes halogenated alkanes) is 6. The quantitative estimate of drug-likeness (QED) is 0.484. The van der Waals surface area contributed by atoms with Crippen molar-refractivity contribution in [2.45, 2.75) is 44.9 Å². The summed E-state index contributed by atoms with van der Waals surface area (Å²) in [5.41, 5.74) is 1.30. The van der Waals surface area contributed by atoms with E-state index in [0.29, 0.717) is 0 Å². The molecule has 0 spiro atoms. The fraction of sp³-hybridized carbons (Fsp3) is 0.600. The number of anilines is 1. The van der Waals surface area contributed by atoms with E-state index in [2.05, 4.69) is 41.1 Å².